The van der Waals surface area contributed by atoms with Crippen LogP contribution in [-0.4, -0.2) is 4.70 Å². The first-order valence-corrected chi connectivity index (χ1v) is 28.1. The fraction of sp³-hybridized carbons (Fsp3) is 0.677. The molecule has 2 aromatic rings. The highest BCUT2D eigenvalue weighted by atomic mass is 15.2. The Hall–Kier alpha value is -3.00. The number of nitrogens with zero attached hydrogens (tertiary/aromatic N) is 2. The highest BCUT2D eigenvalue weighted by Crippen LogP contribution is 2.45. The van der Waals surface area contributed by atoms with Crippen molar-refractivity contribution in [2.75, 3.05) is 0 Å². The van der Waals surface area contributed by atoms with Crippen LogP contribution in [0.4, 0.5) is 0 Å². The average Bonchev–Trinajstić information content (AvgIpc) is 3.58. The molecule has 64 heavy (non-hydrogen) atoms. The lowest BCUT2D eigenvalue weighted by Gasteiger charge is -2.14. The third kappa shape index (κ3) is 22.0. The minimum absolute atomic E-state index is 1.01. The molecule has 0 atom stereocenters. The van der Waals surface area contributed by atoms with E-state index in [0.29, 0.717) is 0 Å². The summed E-state index contributed by atoms with van der Waals surface area (Å²) in [6, 6.07) is 14.5. The van der Waals surface area contributed by atoms with E-state index in [1.807, 2.05) is 0 Å². The van der Waals surface area contributed by atoms with Crippen molar-refractivity contribution in [3.8, 4) is 0 Å². The maximum atomic E-state index is 12.9. The standard InChI is InChI=1S/C62H100N2/c1-7-13-19-22-25-26-27-28-29-30-33-36-40-46-60-59(45-37-16-10-4)61(64(63)62(60)57-49-53(41-17-11-5)47-54(50-57)42-18-12-6)58-51-55(43-38-34-31-23-20-14-8-2)48-56(52-58)44-39-35-32-24-21-15-9-3/h38-39,43-44,47-52H,7-37,40-42,45-46H2,1-6H3. The highest BCUT2D eigenvalue weighted by molar-refractivity contribution is 5.83. The minimum atomic E-state index is 1.01. The maximum absolute atomic E-state index is 12.9. The molecule has 3 rings (SSSR count). The zero-order valence-electron chi connectivity index (χ0n) is 43.1. The van der Waals surface area contributed by atoms with Gasteiger partial charge in [-0.1, -0.05) is 226 Å². The van der Waals surface area contributed by atoms with Crippen molar-refractivity contribution in [1.29, 1.82) is 0 Å². The van der Waals surface area contributed by atoms with Gasteiger partial charge in [0.25, 0.3) is 0 Å². The van der Waals surface area contributed by atoms with E-state index >= 15 is 0 Å². The molecule has 2 aromatic carbocycles. The second kappa shape index (κ2) is 36.2. The van der Waals surface area contributed by atoms with Crippen molar-refractivity contribution in [3.63, 3.8) is 0 Å². The Morgan fingerprint density at radius 3 is 1.08 bits per heavy atom. The molecule has 1 aliphatic heterocycles. The first-order chi connectivity index (χ1) is 31.5. The topological polar surface area (TPSA) is 25.3 Å². The lowest BCUT2D eigenvalue weighted by Crippen LogP contribution is -2.05. The predicted molar refractivity (Wildman–Crippen MR) is 287 cm³/mol. The Bertz CT molecular complexity index is 1600. The van der Waals surface area contributed by atoms with Crippen LogP contribution in [0.25, 0.3) is 29.1 Å². The second-order valence-electron chi connectivity index (χ2n) is 19.8. The molecular formula is C62H100N2. The van der Waals surface area contributed by atoms with Gasteiger partial charge in [0.15, 0.2) is 0 Å². The molecule has 0 N–H and O–H groups in total. The SMILES string of the molecule is CCCCCCCC=Cc1cc(C=CCCCCCCC)cc(C2=C(CCCCC)C(CCCCCCCCCCCCCCC)=C(c3cc(CCCC)cc(CCCC)c3)[N+]2=[N-])c1. The van der Waals surface area contributed by atoms with Gasteiger partial charge in [0.05, 0.1) is 0 Å². The van der Waals surface area contributed by atoms with Gasteiger partial charge in [-0.05, 0) is 130 Å². The van der Waals surface area contributed by atoms with Gasteiger partial charge in [-0.2, -0.15) is 0 Å². The highest BCUT2D eigenvalue weighted by Gasteiger charge is 2.35. The molecular weight excluding hydrogens is 773 g/mol. The first kappa shape index (κ1) is 55.3. The summed E-state index contributed by atoms with van der Waals surface area (Å²) in [5.74, 6) is 0. The van der Waals surface area contributed by atoms with Gasteiger partial charge < -0.3 is 5.53 Å². The molecule has 0 amide bonds. The number of hydrogen-bond acceptors (Lipinski definition) is 0. The molecule has 2 heteroatoms. The van der Waals surface area contributed by atoms with Crippen LogP contribution in [-0.2, 0) is 12.8 Å². The molecule has 1 heterocycles. The summed E-state index contributed by atoms with van der Waals surface area (Å²) in [5, 5.41) is 0. The summed E-state index contributed by atoms with van der Waals surface area (Å²) in [6.07, 6.45) is 55.2. The zero-order valence-corrected chi connectivity index (χ0v) is 43.1. The fourth-order valence-corrected chi connectivity index (χ4v) is 9.78. The molecule has 0 aliphatic carbocycles. The lowest BCUT2D eigenvalue weighted by atomic mass is 9.90. The molecule has 0 aromatic heterocycles. The van der Waals surface area contributed by atoms with Crippen LogP contribution < -0.4 is 0 Å². The second-order valence-corrected chi connectivity index (χ2v) is 19.8. The van der Waals surface area contributed by atoms with Gasteiger partial charge in [-0.25, -0.2) is 4.70 Å². The zero-order chi connectivity index (χ0) is 45.9. The number of benzene rings is 2. The van der Waals surface area contributed by atoms with Crippen LogP contribution in [0.5, 0.6) is 0 Å². The summed E-state index contributed by atoms with van der Waals surface area (Å²) in [4.78, 5) is 0. The molecule has 358 valence electrons. The molecule has 0 saturated carbocycles. The normalized spacial score (nSPS) is 13.3. The molecule has 0 bridgehead atoms. The van der Waals surface area contributed by atoms with E-state index in [9.17, 15) is 5.53 Å². The average molecular weight is 873 g/mol. The molecule has 0 saturated heterocycles. The van der Waals surface area contributed by atoms with Crippen molar-refractivity contribution in [1.82, 2.24) is 0 Å². The number of unbranched alkanes of at least 4 members (excludes halogenated alkanes) is 26. The van der Waals surface area contributed by atoms with E-state index < -0.39 is 0 Å². The quantitative estimate of drug-likeness (QED) is 0.0471. The molecule has 1 aliphatic rings. The van der Waals surface area contributed by atoms with Gasteiger partial charge in [-0.3, -0.25) is 0 Å². The summed E-state index contributed by atoms with van der Waals surface area (Å²) >= 11 is 0. The van der Waals surface area contributed by atoms with Gasteiger partial charge in [0.2, 0.25) is 11.4 Å². The predicted octanol–water partition coefficient (Wildman–Crippen LogP) is 21.4. The number of rotatable bonds is 40. The summed E-state index contributed by atoms with van der Waals surface area (Å²) in [7, 11) is 0. The third-order valence-electron chi connectivity index (χ3n) is 13.7. The van der Waals surface area contributed by atoms with Crippen molar-refractivity contribution in [2.24, 2.45) is 0 Å². The van der Waals surface area contributed by atoms with E-state index in [4.69, 9.17) is 0 Å². The Morgan fingerprint density at radius 2 is 0.672 bits per heavy atom. The minimum Gasteiger partial charge on any atom is -0.493 e. The number of aryl methyl sites for hydroxylation is 2. The smallest absolute Gasteiger partial charge is 0.211 e. The summed E-state index contributed by atoms with van der Waals surface area (Å²) in [5.41, 5.74) is 25.5. The van der Waals surface area contributed by atoms with Gasteiger partial charge in [0.1, 0.15) is 0 Å². The van der Waals surface area contributed by atoms with Crippen LogP contribution in [0.3, 0.4) is 0 Å². The van der Waals surface area contributed by atoms with E-state index in [-0.39, 0.29) is 0 Å². The van der Waals surface area contributed by atoms with Gasteiger partial charge >= 0.3 is 0 Å². The Balaban J connectivity index is 2.03. The van der Waals surface area contributed by atoms with Crippen LogP contribution in [0, 0.1) is 0 Å². The summed E-state index contributed by atoms with van der Waals surface area (Å²) in [6.45, 7) is 13.8. The van der Waals surface area contributed by atoms with Crippen LogP contribution in [0.1, 0.15) is 293 Å². The molecule has 2 nitrogen and oxygen atoms in total. The van der Waals surface area contributed by atoms with E-state index in [2.05, 4.69) is 102 Å². The van der Waals surface area contributed by atoms with Crippen molar-refractivity contribution < 1.29 is 4.70 Å². The van der Waals surface area contributed by atoms with E-state index in [0.717, 1.165) is 61.9 Å². The Kier molecular flexibility index (Phi) is 31.3. The first-order valence-electron chi connectivity index (χ1n) is 28.1. The van der Waals surface area contributed by atoms with Gasteiger partial charge in [0, 0.05) is 22.3 Å². The Labute approximate surface area is 397 Å². The van der Waals surface area contributed by atoms with Crippen LogP contribution in [0.15, 0.2) is 59.7 Å². The largest absolute Gasteiger partial charge is 0.493 e. The van der Waals surface area contributed by atoms with E-state index in [1.54, 1.807) is 4.70 Å². The Morgan fingerprint density at radius 1 is 0.344 bits per heavy atom. The van der Waals surface area contributed by atoms with Gasteiger partial charge in [-0.15, -0.1) is 0 Å². The molecule has 0 fully saturated rings. The fourth-order valence-electron chi connectivity index (χ4n) is 9.78. The van der Waals surface area contributed by atoms with Crippen molar-refractivity contribution >= 4 is 23.5 Å². The number of allylic oxidation sites excluding steroid dienone is 4. The van der Waals surface area contributed by atoms with Crippen LogP contribution in [0.2, 0.25) is 0 Å². The molecule has 0 spiro atoms. The third-order valence-corrected chi connectivity index (χ3v) is 13.7. The lowest BCUT2D eigenvalue weighted by molar-refractivity contribution is -0.345. The van der Waals surface area contributed by atoms with E-state index in [1.165, 1.54) is 225 Å². The van der Waals surface area contributed by atoms with Crippen molar-refractivity contribution in [3.05, 3.63) is 98.6 Å². The maximum Gasteiger partial charge on any atom is 0.211 e. The number of hydrogen-bond donors (Lipinski definition) is 0. The molecule has 0 radical (unpaired) electrons. The van der Waals surface area contributed by atoms with Crippen molar-refractivity contribution in [2.45, 2.75) is 273 Å². The summed E-state index contributed by atoms with van der Waals surface area (Å²) < 4.78 is 1.68. The van der Waals surface area contributed by atoms with Crippen LogP contribution >= 0.6 is 0 Å². The monoisotopic (exact) mass is 873 g/mol. The molecule has 0 unspecified atom stereocenters.